The fourth-order valence-electron chi connectivity index (χ4n) is 4.80. The van der Waals surface area contributed by atoms with Gasteiger partial charge >= 0.3 is 11.9 Å². The number of halogens is 5. The quantitative estimate of drug-likeness (QED) is 0.362. The number of piperazine rings is 1. The van der Waals surface area contributed by atoms with Gasteiger partial charge in [0.2, 0.25) is 0 Å². The van der Waals surface area contributed by atoms with Gasteiger partial charge in [0, 0.05) is 52.7 Å². The maximum atomic E-state index is 14.9. The van der Waals surface area contributed by atoms with E-state index >= 15 is 0 Å². The van der Waals surface area contributed by atoms with Crippen LogP contribution in [-0.4, -0.2) is 52.2 Å². The maximum Gasteiger partial charge on any atom is 0.416 e. The third-order valence-electron chi connectivity index (χ3n) is 6.41. The Bertz CT molecular complexity index is 1360. The second kappa shape index (κ2) is 8.75. The molecular formula is C23H23F5N4O2S. The largest absolute Gasteiger partial charge is 0.416 e. The van der Waals surface area contributed by atoms with Crippen molar-refractivity contribution in [1.82, 2.24) is 14.9 Å². The molecule has 1 aromatic heterocycles. The van der Waals surface area contributed by atoms with E-state index in [9.17, 15) is 31.9 Å². The molecule has 0 aliphatic carbocycles. The van der Waals surface area contributed by atoms with E-state index in [1.165, 1.54) is 10.6 Å². The number of nitrogens with one attached hydrogen (secondary N) is 1. The molecule has 188 valence electrons. The van der Waals surface area contributed by atoms with Gasteiger partial charge in [-0.2, -0.15) is 29.1 Å². The summed E-state index contributed by atoms with van der Waals surface area (Å²) in [5, 5.41) is 14.0. The number of aliphatic hydroxyl groups excluding tert-OH is 1. The first kappa shape index (κ1) is 24.0. The van der Waals surface area contributed by atoms with Crippen molar-refractivity contribution < 1.29 is 27.1 Å². The average Bonchev–Trinajstić information content (AvgIpc) is 2.93. The minimum Gasteiger partial charge on any atom is -0.390 e. The first-order chi connectivity index (χ1) is 16.5. The Morgan fingerprint density at radius 1 is 1.17 bits per heavy atom. The summed E-state index contributed by atoms with van der Waals surface area (Å²) in [6.45, 7) is 3.24. The number of hydrogen-bond donors (Lipinski definition) is 3. The fourth-order valence-corrected chi connectivity index (χ4v) is 7.36. The van der Waals surface area contributed by atoms with Gasteiger partial charge in [0.15, 0.2) is 0 Å². The van der Waals surface area contributed by atoms with Crippen molar-refractivity contribution in [3.8, 4) is 0 Å². The first-order valence-corrected chi connectivity index (χ1v) is 12.6. The van der Waals surface area contributed by atoms with E-state index in [1.807, 2.05) is 6.92 Å². The molecule has 3 heterocycles. The van der Waals surface area contributed by atoms with E-state index in [-0.39, 0.29) is 44.9 Å². The van der Waals surface area contributed by atoms with Gasteiger partial charge in [0.25, 0.3) is 0 Å². The van der Waals surface area contributed by atoms with Gasteiger partial charge in [0.1, 0.15) is 17.5 Å². The van der Waals surface area contributed by atoms with Crippen LogP contribution in [0.2, 0.25) is 0 Å². The molecule has 1 saturated heterocycles. The lowest BCUT2D eigenvalue weighted by Gasteiger charge is -2.36. The molecule has 3 aromatic rings. The lowest BCUT2D eigenvalue weighted by atomic mass is 10.1. The lowest BCUT2D eigenvalue weighted by Crippen LogP contribution is -2.51. The van der Waals surface area contributed by atoms with E-state index in [1.54, 1.807) is 4.90 Å². The van der Waals surface area contributed by atoms with Crippen molar-refractivity contribution in [2.24, 2.45) is 0 Å². The molecule has 3 atom stereocenters. The van der Waals surface area contributed by atoms with Gasteiger partial charge in [-0.15, -0.1) is 0 Å². The third kappa shape index (κ3) is 4.27. The van der Waals surface area contributed by atoms with Crippen LogP contribution in [-0.2, 0) is 12.7 Å². The van der Waals surface area contributed by atoms with Gasteiger partial charge < -0.3 is 15.3 Å². The van der Waals surface area contributed by atoms with Gasteiger partial charge in [-0.25, -0.2) is 13.6 Å². The zero-order valence-electron chi connectivity index (χ0n) is 18.6. The molecule has 2 aliphatic rings. The molecular weight excluding hydrogens is 491 g/mol. The predicted octanol–water partition coefficient (Wildman–Crippen LogP) is 3.29. The van der Waals surface area contributed by atoms with Crippen molar-refractivity contribution in [3.63, 3.8) is 0 Å². The summed E-state index contributed by atoms with van der Waals surface area (Å²) < 4.78 is 71.8. The van der Waals surface area contributed by atoms with Crippen molar-refractivity contribution >= 4 is 27.6 Å². The van der Waals surface area contributed by atoms with Crippen LogP contribution >= 0.6 is 10.9 Å². The summed E-state index contributed by atoms with van der Waals surface area (Å²) in [6.07, 6.45) is -5.86. The average molecular weight is 515 g/mol. The van der Waals surface area contributed by atoms with Gasteiger partial charge in [0.05, 0.1) is 23.7 Å². The summed E-state index contributed by atoms with van der Waals surface area (Å²) in [6, 6.07) is 4.67. The summed E-state index contributed by atoms with van der Waals surface area (Å²) in [5.74, 6) is -1.68. The van der Waals surface area contributed by atoms with Crippen LogP contribution in [0.3, 0.4) is 0 Å². The monoisotopic (exact) mass is 514 g/mol. The van der Waals surface area contributed by atoms with Crippen molar-refractivity contribution in [1.29, 1.82) is 0 Å². The molecule has 0 amide bonds. The molecule has 2 N–H and O–H groups in total. The molecule has 0 spiro atoms. The number of nitrogens with zero attached hydrogens (tertiary/aromatic N) is 3. The molecule has 35 heavy (non-hydrogen) atoms. The molecule has 0 bridgehead atoms. The highest BCUT2D eigenvalue weighted by Crippen LogP contribution is 2.52. The smallest absolute Gasteiger partial charge is 0.390 e. The Hall–Kier alpha value is -2.70. The summed E-state index contributed by atoms with van der Waals surface area (Å²) in [4.78, 5) is 19.2. The Morgan fingerprint density at radius 3 is 2.63 bits per heavy atom. The number of rotatable bonds is 2. The Balaban J connectivity index is 1.87. The lowest BCUT2D eigenvalue weighted by molar-refractivity contribution is -0.137. The molecule has 0 saturated carbocycles. The second-order valence-electron chi connectivity index (χ2n) is 8.82. The van der Waals surface area contributed by atoms with E-state index in [2.05, 4.69) is 10.3 Å². The van der Waals surface area contributed by atoms with E-state index < -0.39 is 46.1 Å². The minimum atomic E-state index is -4.72. The van der Waals surface area contributed by atoms with Crippen LogP contribution < -0.4 is 15.9 Å². The number of thiol groups is 1. The summed E-state index contributed by atoms with van der Waals surface area (Å²) >= 11 is 0. The van der Waals surface area contributed by atoms with E-state index in [0.717, 1.165) is 18.2 Å². The van der Waals surface area contributed by atoms with Crippen molar-refractivity contribution in [3.05, 3.63) is 58.0 Å². The highest BCUT2D eigenvalue weighted by atomic mass is 32.2. The van der Waals surface area contributed by atoms with Gasteiger partial charge in [-0.1, -0.05) is 0 Å². The van der Waals surface area contributed by atoms with E-state index in [0.29, 0.717) is 25.7 Å². The van der Waals surface area contributed by atoms with Gasteiger partial charge in [-0.3, -0.25) is 4.57 Å². The number of aromatic nitrogens is 2. The molecule has 3 unspecified atom stereocenters. The normalized spacial score (nSPS) is 24.0. The molecule has 0 radical (unpaired) electrons. The predicted molar refractivity (Wildman–Crippen MR) is 123 cm³/mol. The van der Waals surface area contributed by atoms with Crippen molar-refractivity contribution in [2.75, 3.05) is 30.3 Å². The number of anilines is 1. The minimum absolute atomic E-state index is 0.0101. The number of alkyl halides is 3. The standard InChI is InChI=1S/C23H23F5N4O2S/c1-12-9-29-4-5-31(12)21-16-6-13(23(26,27)28)7-19-20(16)32(22(34)30-21)10-15(33)11-35(19)18-3-2-14(24)8-17(18)25/h2-3,6-8,12,15,29,33,35H,4-5,9-11H2,1H3. The van der Waals surface area contributed by atoms with Crippen molar-refractivity contribution in [2.45, 2.75) is 41.6 Å². The number of aliphatic hydroxyl groups is 1. The number of benzene rings is 2. The first-order valence-electron chi connectivity index (χ1n) is 11.1. The second-order valence-corrected chi connectivity index (χ2v) is 11.0. The van der Waals surface area contributed by atoms with Crippen LogP contribution in [0.1, 0.15) is 12.5 Å². The zero-order chi connectivity index (χ0) is 25.1. The molecule has 12 heteroatoms. The molecule has 2 aliphatic heterocycles. The molecule has 1 fully saturated rings. The summed E-state index contributed by atoms with van der Waals surface area (Å²) in [7, 11) is -1.90. The maximum absolute atomic E-state index is 14.9. The van der Waals surface area contributed by atoms with Crippen LogP contribution in [0.15, 0.2) is 44.9 Å². The summed E-state index contributed by atoms with van der Waals surface area (Å²) in [5.41, 5.74) is -1.46. The van der Waals surface area contributed by atoms with Crippen LogP contribution in [0.5, 0.6) is 0 Å². The third-order valence-corrected chi connectivity index (χ3v) is 9.07. The highest BCUT2D eigenvalue weighted by molar-refractivity contribution is 8.17. The Kier molecular flexibility index (Phi) is 6.01. The van der Waals surface area contributed by atoms with Gasteiger partial charge in [-0.05, 0) is 31.2 Å². The zero-order valence-corrected chi connectivity index (χ0v) is 19.5. The Morgan fingerprint density at radius 2 is 1.94 bits per heavy atom. The van der Waals surface area contributed by atoms with Crippen LogP contribution in [0, 0.1) is 11.6 Å². The number of hydrogen-bond acceptors (Lipinski definition) is 5. The Labute approximate surface area is 199 Å². The topological polar surface area (TPSA) is 70.4 Å². The highest BCUT2D eigenvalue weighted by Gasteiger charge is 2.36. The van der Waals surface area contributed by atoms with E-state index in [4.69, 9.17) is 0 Å². The molecule has 6 nitrogen and oxygen atoms in total. The van der Waals surface area contributed by atoms with Crippen LogP contribution in [0.25, 0.3) is 10.9 Å². The van der Waals surface area contributed by atoms with Crippen LogP contribution in [0.4, 0.5) is 27.8 Å². The SMILES string of the molecule is CC1CNCCN1c1nc(=O)n2c3c(cc(C(F)(F)F)cc13)[SH](c1ccc(F)cc1F)CC(O)C2. The fraction of sp³-hybridized carbons (Fsp3) is 0.391. The molecule has 5 rings (SSSR count). The molecule has 2 aromatic carbocycles.